The molecule has 2 aromatic carbocycles. The Hall–Kier alpha value is -2.90. The number of thioether (sulfide) groups is 1. The van der Waals surface area contributed by atoms with Crippen LogP contribution in [0.2, 0.25) is 0 Å². The van der Waals surface area contributed by atoms with Gasteiger partial charge in [0, 0.05) is 22.2 Å². The standard InChI is InChI=1S/C30H33F2N3OS/c1-3-26-29(21-13-17-34(18-14-21)16-5-19-37-24-10-7-22(31)8-11-24)25-12-9-23(32)20-27(25)35(26)30-28(36-2)6-4-15-33-30/h4,6-12,15,20-21H,3,5,13-14,16-19H2,1-2H3. The molecule has 0 amide bonds. The van der Waals surface area contributed by atoms with E-state index in [1.54, 1.807) is 37.2 Å². The van der Waals surface area contributed by atoms with E-state index < -0.39 is 0 Å². The molecule has 4 nitrogen and oxygen atoms in total. The highest BCUT2D eigenvalue weighted by molar-refractivity contribution is 7.99. The van der Waals surface area contributed by atoms with Crippen molar-refractivity contribution in [3.8, 4) is 11.6 Å². The maximum Gasteiger partial charge on any atom is 0.180 e. The van der Waals surface area contributed by atoms with E-state index in [1.807, 2.05) is 30.3 Å². The molecular weight excluding hydrogens is 488 g/mol. The molecule has 1 aliphatic rings. The highest BCUT2D eigenvalue weighted by Gasteiger charge is 2.28. The van der Waals surface area contributed by atoms with E-state index in [-0.39, 0.29) is 11.6 Å². The molecule has 1 aliphatic heterocycles. The number of methoxy groups -OCH3 is 1. The number of pyridine rings is 1. The van der Waals surface area contributed by atoms with Crippen molar-refractivity contribution in [1.82, 2.24) is 14.5 Å². The van der Waals surface area contributed by atoms with E-state index in [9.17, 15) is 8.78 Å². The highest BCUT2D eigenvalue weighted by Crippen LogP contribution is 2.40. The average Bonchev–Trinajstić information content (AvgIpc) is 3.25. The summed E-state index contributed by atoms with van der Waals surface area (Å²) < 4.78 is 35.3. The summed E-state index contributed by atoms with van der Waals surface area (Å²) in [5, 5.41) is 1.11. The van der Waals surface area contributed by atoms with Gasteiger partial charge in [0.05, 0.1) is 12.6 Å². The second-order valence-corrected chi connectivity index (χ2v) is 10.7. The van der Waals surface area contributed by atoms with Gasteiger partial charge in [0.2, 0.25) is 0 Å². The van der Waals surface area contributed by atoms with Gasteiger partial charge in [-0.2, -0.15) is 0 Å². The van der Waals surface area contributed by atoms with Crippen molar-refractivity contribution >= 4 is 22.7 Å². The van der Waals surface area contributed by atoms with Gasteiger partial charge < -0.3 is 9.64 Å². The van der Waals surface area contributed by atoms with Crippen LogP contribution in [0.1, 0.15) is 43.4 Å². The minimum absolute atomic E-state index is 0.189. The molecule has 0 saturated carbocycles. The van der Waals surface area contributed by atoms with Crippen LogP contribution in [0, 0.1) is 11.6 Å². The van der Waals surface area contributed by atoms with Crippen LogP contribution in [0.4, 0.5) is 8.78 Å². The summed E-state index contributed by atoms with van der Waals surface area (Å²) in [4.78, 5) is 8.30. The first-order valence-electron chi connectivity index (χ1n) is 13.0. The summed E-state index contributed by atoms with van der Waals surface area (Å²) in [5.74, 6) is 2.40. The summed E-state index contributed by atoms with van der Waals surface area (Å²) in [6.45, 7) is 5.33. The summed E-state index contributed by atoms with van der Waals surface area (Å²) in [5.41, 5.74) is 3.37. The largest absolute Gasteiger partial charge is 0.493 e. The van der Waals surface area contributed by atoms with Crippen LogP contribution in [-0.2, 0) is 6.42 Å². The molecule has 0 bridgehead atoms. The van der Waals surface area contributed by atoms with E-state index >= 15 is 0 Å². The van der Waals surface area contributed by atoms with Crippen molar-refractivity contribution in [2.75, 3.05) is 32.5 Å². The number of rotatable bonds is 9. The molecule has 0 atom stereocenters. The quantitative estimate of drug-likeness (QED) is 0.172. The topological polar surface area (TPSA) is 30.3 Å². The maximum atomic E-state index is 14.4. The smallest absolute Gasteiger partial charge is 0.180 e. The molecule has 194 valence electrons. The fraction of sp³-hybridized carbons (Fsp3) is 0.367. The predicted octanol–water partition coefficient (Wildman–Crippen LogP) is 7.24. The Morgan fingerprint density at radius 1 is 1.03 bits per heavy atom. The second-order valence-electron chi connectivity index (χ2n) is 9.51. The molecule has 0 spiro atoms. The third kappa shape index (κ3) is 5.53. The van der Waals surface area contributed by atoms with Gasteiger partial charge in [-0.1, -0.05) is 6.92 Å². The summed E-state index contributed by atoms with van der Waals surface area (Å²) in [7, 11) is 1.65. The van der Waals surface area contributed by atoms with Crippen molar-refractivity contribution in [2.45, 2.75) is 43.4 Å². The van der Waals surface area contributed by atoms with E-state index in [1.165, 1.54) is 23.4 Å². The minimum Gasteiger partial charge on any atom is -0.493 e. The zero-order valence-corrected chi connectivity index (χ0v) is 22.2. The van der Waals surface area contributed by atoms with Gasteiger partial charge in [0.25, 0.3) is 0 Å². The molecule has 0 N–H and O–H groups in total. The lowest BCUT2D eigenvalue weighted by Crippen LogP contribution is -2.34. The lowest BCUT2D eigenvalue weighted by molar-refractivity contribution is 0.213. The number of likely N-dealkylation sites (tertiary alicyclic amines) is 1. The van der Waals surface area contributed by atoms with Crippen molar-refractivity contribution < 1.29 is 13.5 Å². The number of piperidine rings is 1. The average molecular weight is 522 g/mol. The van der Waals surface area contributed by atoms with Crippen LogP contribution < -0.4 is 4.74 Å². The normalized spacial score (nSPS) is 14.9. The molecule has 0 unspecified atom stereocenters. The number of nitrogens with zero attached hydrogens (tertiary/aromatic N) is 3. The minimum atomic E-state index is -0.247. The van der Waals surface area contributed by atoms with Crippen LogP contribution in [0.25, 0.3) is 16.7 Å². The molecule has 1 saturated heterocycles. The Morgan fingerprint density at radius 2 is 1.78 bits per heavy atom. The summed E-state index contributed by atoms with van der Waals surface area (Å²) >= 11 is 1.78. The van der Waals surface area contributed by atoms with Crippen molar-refractivity contribution in [3.05, 3.63) is 83.7 Å². The summed E-state index contributed by atoms with van der Waals surface area (Å²) in [6, 6.07) is 15.6. The fourth-order valence-electron chi connectivity index (χ4n) is 5.55. The van der Waals surface area contributed by atoms with Crippen LogP contribution in [0.15, 0.2) is 65.7 Å². The molecule has 2 aromatic heterocycles. The third-order valence-corrected chi connectivity index (χ3v) is 8.38. The molecule has 7 heteroatoms. The van der Waals surface area contributed by atoms with E-state index in [0.29, 0.717) is 17.5 Å². The van der Waals surface area contributed by atoms with Gasteiger partial charge in [-0.15, -0.1) is 11.8 Å². The Bertz CT molecular complexity index is 1350. The number of aromatic nitrogens is 2. The Labute approximate surface area is 221 Å². The van der Waals surface area contributed by atoms with Gasteiger partial charge in [0.15, 0.2) is 11.6 Å². The Morgan fingerprint density at radius 3 is 2.51 bits per heavy atom. The van der Waals surface area contributed by atoms with Gasteiger partial charge >= 0.3 is 0 Å². The highest BCUT2D eigenvalue weighted by atomic mass is 32.2. The van der Waals surface area contributed by atoms with E-state index in [0.717, 1.165) is 66.9 Å². The maximum absolute atomic E-state index is 14.4. The molecule has 3 heterocycles. The Kier molecular flexibility index (Phi) is 8.11. The zero-order valence-electron chi connectivity index (χ0n) is 21.4. The van der Waals surface area contributed by atoms with E-state index in [4.69, 9.17) is 4.74 Å². The van der Waals surface area contributed by atoms with Gasteiger partial charge in [0.1, 0.15) is 11.6 Å². The number of benzene rings is 2. The Balaban J connectivity index is 1.32. The monoisotopic (exact) mass is 521 g/mol. The lowest BCUT2D eigenvalue weighted by Gasteiger charge is -2.32. The second kappa shape index (κ2) is 11.7. The van der Waals surface area contributed by atoms with Crippen molar-refractivity contribution in [2.24, 2.45) is 0 Å². The van der Waals surface area contributed by atoms with Crippen molar-refractivity contribution in [1.29, 1.82) is 0 Å². The molecule has 5 rings (SSSR count). The number of hydrogen-bond donors (Lipinski definition) is 0. The number of hydrogen-bond acceptors (Lipinski definition) is 4. The van der Waals surface area contributed by atoms with Crippen LogP contribution in [-0.4, -0.2) is 46.9 Å². The predicted molar refractivity (Wildman–Crippen MR) is 147 cm³/mol. The first kappa shape index (κ1) is 25.7. The van der Waals surface area contributed by atoms with Gasteiger partial charge in [-0.25, -0.2) is 13.8 Å². The number of ether oxygens (including phenoxy) is 1. The first-order chi connectivity index (χ1) is 18.1. The molecule has 0 radical (unpaired) electrons. The SMILES string of the molecule is CCc1c(C2CCN(CCCSc3ccc(F)cc3)CC2)c2ccc(F)cc2n1-c1ncccc1OC. The fourth-order valence-corrected chi connectivity index (χ4v) is 6.39. The van der Waals surface area contributed by atoms with Crippen molar-refractivity contribution in [3.63, 3.8) is 0 Å². The van der Waals surface area contributed by atoms with Crippen LogP contribution >= 0.6 is 11.8 Å². The van der Waals surface area contributed by atoms with E-state index in [2.05, 4.69) is 21.4 Å². The van der Waals surface area contributed by atoms with Crippen LogP contribution in [0.3, 0.4) is 0 Å². The first-order valence-corrected chi connectivity index (χ1v) is 14.0. The molecule has 37 heavy (non-hydrogen) atoms. The molecule has 4 aromatic rings. The third-order valence-electron chi connectivity index (χ3n) is 7.29. The molecule has 0 aliphatic carbocycles. The number of halogens is 2. The molecule has 1 fully saturated rings. The zero-order chi connectivity index (χ0) is 25.8. The van der Waals surface area contributed by atoms with Gasteiger partial charge in [-0.05, 0) is 117 Å². The molecular formula is C30H33F2N3OS. The number of fused-ring (bicyclic) bond motifs is 1. The summed E-state index contributed by atoms with van der Waals surface area (Å²) in [6.07, 6.45) is 5.84. The van der Waals surface area contributed by atoms with Crippen LogP contribution in [0.5, 0.6) is 5.75 Å². The lowest BCUT2D eigenvalue weighted by atomic mass is 9.87. The van der Waals surface area contributed by atoms with Gasteiger partial charge in [-0.3, -0.25) is 4.57 Å².